The van der Waals surface area contributed by atoms with Crippen LogP contribution in [0.4, 0.5) is 4.79 Å². The lowest BCUT2D eigenvalue weighted by atomic mass is 10.1. The number of hydrogen-bond acceptors (Lipinski definition) is 3. The molecule has 0 bridgehead atoms. The first kappa shape index (κ1) is 15.6. The van der Waals surface area contributed by atoms with E-state index in [1.54, 1.807) is 26.0 Å². The number of ether oxygens (including phenoxy) is 1. The molecule has 0 heterocycles. The number of primary amides is 1. The van der Waals surface area contributed by atoms with Crippen molar-refractivity contribution in [3.8, 4) is 5.75 Å². The Bertz CT molecular complexity index is 492. The second kappa shape index (κ2) is 6.63. The van der Waals surface area contributed by atoms with Gasteiger partial charge in [0.25, 0.3) is 5.91 Å². The molecule has 19 heavy (non-hydrogen) atoms. The van der Waals surface area contributed by atoms with Gasteiger partial charge in [0.1, 0.15) is 5.75 Å². The van der Waals surface area contributed by atoms with Crippen LogP contribution >= 0.6 is 23.2 Å². The highest BCUT2D eigenvalue weighted by atomic mass is 35.5. The summed E-state index contributed by atoms with van der Waals surface area (Å²) < 4.78 is 5.51. The van der Waals surface area contributed by atoms with Crippen LogP contribution in [0.2, 0.25) is 10.0 Å². The lowest BCUT2D eigenvalue weighted by molar-refractivity contribution is -0.128. The van der Waals surface area contributed by atoms with Crippen molar-refractivity contribution in [3.05, 3.63) is 28.2 Å². The number of amides is 3. The minimum atomic E-state index is -0.934. The van der Waals surface area contributed by atoms with Crippen LogP contribution in [-0.2, 0) is 4.79 Å². The maximum atomic E-state index is 11.8. The first-order valence-electron chi connectivity index (χ1n) is 5.53. The maximum absolute atomic E-state index is 11.8. The van der Waals surface area contributed by atoms with Crippen molar-refractivity contribution in [1.82, 2.24) is 5.32 Å². The summed E-state index contributed by atoms with van der Waals surface area (Å²) in [6.07, 6.45) is -0.900. The summed E-state index contributed by atoms with van der Waals surface area (Å²) in [6.45, 7) is 3.54. The van der Waals surface area contributed by atoms with Gasteiger partial charge in [-0.25, -0.2) is 4.79 Å². The van der Waals surface area contributed by atoms with Gasteiger partial charge in [-0.2, -0.15) is 0 Å². The first-order chi connectivity index (χ1) is 8.81. The van der Waals surface area contributed by atoms with Crippen molar-refractivity contribution >= 4 is 35.1 Å². The SMILES string of the molecule is CC(C)[C@@H](Oc1cc(Cl)ccc1Cl)C(=O)NC(N)=O. The van der Waals surface area contributed by atoms with E-state index in [-0.39, 0.29) is 11.7 Å². The minimum absolute atomic E-state index is 0.186. The molecule has 5 nitrogen and oxygen atoms in total. The number of benzene rings is 1. The number of halogens is 2. The van der Waals surface area contributed by atoms with E-state index in [1.807, 2.05) is 5.32 Å². The highest BCUT2D eigenvalue weighted by molar-refractivity contribution is 6.34. The van der Waals surface area contributed by atoms with Crippen molar-refractivity contribution < 1.29 is 14.3 Å². The minimum Gasteiger partial charge on any atom is -0.479 e. The number of carbonyl (C=O) groups excluding carboxylic acids is 2. The molecular formula is C12H14Cl2N2O3. The molecule has 1 rings (SSSR count). The Balaban J connectivity index is 2.92. The molecule has 0 aliphatic heterocycles. The Morgan fingerprint density at radius 2 is 1.95 bits per heavy atom. The largest absolute Gasteiger partial charge is 0.479 e. The number of hydrogen-bond donors (Lipinski definition) is 2. The van der Waals surface area contributed by atoms with Crippen LogP contribution in [0.5, 0.6) is 5.75 Å². The molecule has 1 aromatic rings. The van der Waals surface area contributed by atoms with Crippen molar-refractivity contribution in [3.63, 3.8) is 0 Å². The van der Waals surface area contributed by atoms with Crippen LogP contribution in [0.15, 0.2) is 18.2 Å². The molecule has 104 valence electrons. The smallest absolute Gasteiger partial charge is 0.318 e. The molecule has 7 heteroatoms. The molecule has 0 spiro atoms. The van der Waals surface area contributed by atoms with E-state index >= 15 is 0 Å². The number of urea groups is 1. The Labute approximate surface area is 121 Å². The fourth-order valence-corrected chi connectivity index (χ4v) is 1.71. The molecule has 1 atom stereocenters. The summed E-state index contributed by atoms with van der Waals surface area (Å²) in [6, 6.07) is 3.72. The predicted octanol–water partition coefficient (Wildman–Crippen LogP) is 2.59. The maximum Gasteiger partial charge on any atom is 0.318 e. The van der Waals surface area contributed by atoms with Gasteiger partial charge in [-0.15, -0.1) is 0 Å². The third kappa shape index (κ3) is 4.61. The second-order valence-corrected chi connectivity index (χ2v) is 5.05. The summed E-state index contributed by atoms with van der Waals surface area (Å²) in [5.74, 6) is -0.541. The van der Waals surface area contributed by atoms with E-state index in [2.05, 4.69) is 0 Å². The average Bonchev–Trinajstić information content (AvgIpc) is 2.28. The van der Waals surface area contributed by atoms with E-state index in [1.165, 1.54) is 6.07 Å². The molecular weight excluding hydrogens is 291 g/mol. The van der Waals surface area contributed by atoms with E-state index in [0.29, 0.717) is 10.0 Å². The molecule has 1 aromatic carbocycles. The highest BCUT2D eigenvalue weighted by Crippen LogP contribution is 2.29. The first-order valence-corrected chi connectivity index (χ1v) is 6.29. The average molecular weight is 305 g/mol. The third-order valence-electron chi connectivity index (χ3n) is 2.26. The quantitative estimate of drug-likeness (QED) is 0.897. The fourth-order valence-electron chi connectivity index (χ4n) is 1.39. The molecule has 0 aromatic heterocycles. The van der Waals surface area contributed by atoms with Crippen molar-refractivity contribution in [2.45, 2.75) is 20.0 Å². The molecule has 0 saturated carbocycles. The Morgan fingerprint density at radius 3 is 2.47 bits per heavy atom. The van der Waals surface area contributed by atoms with Gasteiger partial charge in [0.2, 0.25) is 0 Å². The molecule has 3 N–H and O–H groups in total. The zero-order chi connectivity index (χ0) is 14.6. The number of nitrogens with one attached hydrogen (secondary N) is 1. The summed E-state index contributed by atoms with van der Waals surface area (Å²) >= 11 is 11.8. The summed E-state index contributed by atoms with van der Waals surface area (Å²) in [4.78, 5) is 22.5. The molecule has 0 aliphatic rings. The molecule has 0 radical (unpaired) electrons. The Hall–Kier alpha value is -1.46. The molecule has 3 amide bonds. The second-order valence-electron chi connectivity index (χ2n) is 4.21. The van der Waals surface area contributed by atoms with Crippen LogP contribution < -0.4 is 15.8 Å². The van der Waals surface area contributed by atoms with Crippen LogP contribution in [0, 0.1) is 5.92 Å². The van der Waals surface area contributed by atoms with E-state index < -0.39 is 18.0 Å². The van der Waals surface area contributed by atoms with Crippen LogP contribution in [0.3, 0.4) is 0 Å². The number of carbonyl (C=O) groups is 2. The monoisotopic (exact) mass is 304 g/mol. The van der Waals surface area contributed by atoms with Gasteiger partial charge in [0.15, 0.2) is 6.10 Å². The van der Waals surface area contributed by atoms with Gasteiger partial charge < -0.3 is 10.5 Å². The van der Waals surface area contributed by atoms with E-state index in [9.17, 15) is 9.59 Å². The number of rotatable bonds is 4. The van der Waals surface area contributed by atoms with Gasteiger partial charge >= 0.3 is 6.03 Å². The van der Waals surface area contributed by atoms with Gasteiger partial charge in [-0.3, -0.25) is 10.1 Å². The molecule has 0 aliphatic carbocycles. The topological polar surface area (TPSA) is 81.4 Å². The van der Waals surface area contributed by atoms with Crippen LogP contribution in [0.25, 0.3) is 0 Å². The van der Waals surface area contributed by atoms with Crippen molar-refractivity contribution in [2.24, 2.45) is 11.7 Å². The van der Waals surface area contributed by atoms with Gasteiger partial charge in [0.05, 0.1) is 5.02 Å². The van der Waals surface area contributed by atoms with Gasteiger partial charge in [-0.05, 0) is 18.1 Å². The van der Waals surface area contributed by atoms with E-state index in [0.717, 1.165) is 0 Å². The summed E-state index contributed by atoms with van der Waals surface area (Å²) in [5.41, 5.74) is 4.91. The lowest BCUT2D eigenvalue weighted by Crippen LogP contribution is -2.46. The fraction of sp³-hybridized carbons (Fsp3) is 0.333. The van der Waals surface area contributed by atoms with Crippen molar-refractivity contribution in [1.29, 1.82) is 0 Å². The van der Waals surface area contributed by atoms with Crippen LogP contribution in [0.1, 0.15) is 13.8 Å². The van der Waals surface area contributed by atoms with E-state index in [4.69, 9.17) is 33.7 Å². The lowest BCUT2D eigenvalue weighted by Gasteiger charge is -2.21. The zero-order valence-corrected chi connectivity index (χ0v) is 12.0. The molecule has 0 unspecified atom stereocenters. The highest BCUT2D eigenvalue weighted by Gasteiger charge is 2.26. The zero-order valence-electron chi connectivity index (χ0n) is 10.4. The Kier molecular flexibility index (Phi) is 5.44. The predicted molar refractivity (Wildman–Crippen MR) is 73.4 cm³/mol. The van der Waals surface area contributed by atoms with Crippen molar-refractivity contribution in [2.75, 3.05) is 0 Å². The normalized spacial score (nSPS) is 12.1. The number of nitrogens with two attached hydrogens (primary N) is 1. The molecule has 0 saturated heterocycles. The number of imide groups is 1. The summed E-state index contributed by atoms with van der Waals surface area (Å²) in [7, 11) is 0. The van der Waals surface area contributed by atoms with Crippen LogP contribution in [-0.4, -0.2) is 18.0 Å². The standard InChI is InChI=1S/C12H14Cl2N2O3/c1-6(2)10(11(17)16-12(15)18)19-9-5-7(13)3-4-8(9)14/h3-6,10H,1-2H3,(H3,15,16,17,18)/t10-/m1/s1. The molecule has 0 fully saturated rings. The summed E-state index contributed by atoms with van der Waals surface area (Å²) in [5, 5.41) is 2.73. The third-order valence-corrected chi connectivity index (χ3v) is 2.80. The Morgan fingerprint density at radius 1 is 1.32 bits per heavy atom. The van der Waals surface area contributed by atoms with Gasteiger partial charge in [-0.1, -0.05) is 37.0 Å². The van der Waals surface area contributed by atoms with Gasteiger partial charge in [0, 0.05) is 11.1 Å².